The van der Waals surface area contributed by atoms with Gasteiger partial charge in [-0.2, -0.15) is 9.50 Å². The predicted molar refractivity (Wildman–Crippen MR) is 61.3 cm³/mol. The molecule has 0 aliphatic carbocycles. The molecule has 0 bridgehead atoms. The number of nitrogens with one attached hydrogen (secondary N) is 1. The smallest absolute Gasteiger partial charge is 0.254 e. The number of rotatable bonds is 1. The van der Waals surface area contributed by atoms with E-state index in [2.05, 4.69) is 20.1 Å². The van der Waals surface area contributed by atoms with Crippen LogP contribution >= 0.6 is 0 Å². The Hall–Kier alpha value is -2.70. The molecule has 3 heterocycles. The van der Waals surface area contributed by atoms with E-state index in [-0.39, 0.29) is 11.4 Å². The van der Waals surface area contributed by atoms with E-state index >= 15 is 0 Å². The summed E-state index contributed by atoms with van der Waals surface area (Å²) in [6.07, 6.45) is 1.65. The standard InChI is InChI=1S/C10H8N6O/c11-7-5-8(17)13-10-14-9(15-16(7)10)6-3-1-2-4-12-6/h1-5H,11H2,(H,13,14,15,17). The quantitative estimate of drug-likeness (QED) is 0.613. The van der Waals surface area contributed by atoms with Gasteiger partial charge in [-0.1, -0.05) is 6.07 Å². The summed E-state index contributed by atoms with van der Waals surface area (Å²) in [4.78, 5) is 22.0. The Balaban J connectivity index is 2.27. The van der Waals surface area contributed by atoms with Crippen molar-refractivity contribution >= 4 is 11.6 Å². The zero-order valence-electron chi connectivity index (χ0n) is 8.66. The highest BCUT2D eigenvalue weighted by molar-refractivity contribution is 5.53. The van der Waals surface area contributed by atoms with Gasteiger partial charge in [0.1, 0.15) is 11.5 Å². The number of hydrogen-bond acceptors (Lipinski definition) is 5. The van der Waals surface area contributed by atoms with Crippen LogP contribution in [0, 0.1) is 0 Å². The first kappa shape index (κ1) is 9.52. The molecule has 0 atom stereocenters. The number of H-pyrrole nitrogens is 1. The molecule has 0 saturated carbocycles. The number of nitrogen functional groups attached to an aromatic ring is 1. The summed E-state index contributed by atoms with van der Waals surface area (Å²) >= 11 is 0. The van der Waals surface area contributed by atoms with Crippen molar-refractivity contribution in [3.05, 3.63) is 40.8 Å². The third-order valence-electron chi connectivity index (χ3n) is 2.26. The molecule has 3 rings (SSSR count). The molecule has 84 valence electrons. The van der Waals surface area contributed by atoms with Crippen LogP contribution in [0.1, 0.15) is 0 Å². The van der Waals surface area contributed by atoms with Gasteiger partial charge >= 0.3 is 0 Å². The molecule has 0 amide bonds. The van der Waals surface area contributed by atoms with Crippen molar-refractivity contribution in [1.82, 2.24) is 24.6 Å². The molecule has 7 nitrogen and oxygen atoms in total. The molecule has 0 unspecified atom stereocenters. The number of nitrogens with zero attached hydrogens (tertiary/aromatic N) is 4. The first-order chi connectivity index (χ1) is 8.24. The number of aromatic nitrogens is 5. The van der Waals surface area contributed by atoms with E-state index in [0.29, 0.717) is 17.3 Å². The second kappa shape index (κ2) is 3.41. The van der Waals surface area contributed by atoms with Crippen LogP contribution < -0.4 is 11.3 Å². The van der Waals surface area contributed by atoms with Crippen molar-refractivity contribution in [2.24, 2.45) is 0 Å². The summed E-state index contributed by atoms with van der Waals surface area (Å²) in [7, 11) is 0. The van der Waals surface area contributed by atoms with Gasteiger partial charge in [-0.05, 0) is 12.1 Å². The van der Waals surface area contributed by atoms with Gasteiger partial charge in [0.05, 0.1) is 0 Å². The predicted octanol–water partition coefficient (Wildman–Crippen LogP) is 0.0618. The fourth-order valence-corrected chi connectivity index (χ4v) is 1.52. The van der Waals surface area contributed by atoms with E-state index in [1.807, 2.05) is 6.07 Å². The van der Waals surface area contributed by atoms with Gasteiger partial charge in [-0.3, -0.25) is 14.8 Å². The number of pyridine rings is 1. The fourth-order valence-electron chi connectivity index (χ4n) is 1.52. The minimum absolute atomic E-state index is 0.235. The lowest BCUT2D eigenvalue weighted by Crippen LogP contribution is -2.11. The minimum atomic E-state index is -0.310. The monoisotopic (exact) mass is 228 g/mol. The van der Waals surface area contributed by atoms with Crippen LogP contribution in [0.4, 0.5) is 5.82 Å². The lowest BCUT2D eigenvalue weighted by molar-refractivity contribution is 0.944. The maximum atomic E-state index is 11.2. The van der Waals surface area contributed by atoms with Crippen LogP contribution in [0.5, 0.6) is 0 Å². The molecule has 7 heteroatoms. The van der Waals surface area contributed by atoms with E-state index in [4.69, 9.17) is 5.73 Å². The normalized spacial score (nSPS) is 10.8. The highest BCUT2D eigenvalue weighted by atomic mass is 16.1. The molecule has 3 aromatic heterocycles. The molecule has 0 aliphatic rings. The van der Waals surface area contributed by atoms with Crippen molar-refractivity contribution in [3.8, 4) is 11.5 Å². The zero-order chi connectivity index (χ0) is 11.8. The number of hydrogen-bond donors (Lipinski definition) is 2. The third-order valence-corrected chi connectivity index (χ3v) is 2.26. The van der Waals surface area contributed by atoms with E-state index in [0.717, 1.165) is 0 Å². The first-order valence-electron chi connectivity index (χ1n) is 4.91. The minimum Gasteiger partial charge on any atom is -0.383 e. The summed E-state index contributed by atoms with van der Waals surface area (Å²) in [6, 6.07) is 6.67. The number of anilines is 1. The lowest BCUT2D eigenvalue weighted by Gasteiger charge is -1.94. The summed E-state index contributed by atoms with van der Waals surface area (Å²) in [5.74, 6) is 0.952. The van der Waals surface area contributed by atoms with E-state index in [1.54, 1.807) is 18.3 Å². The second-order valence-electron chi connectivity index (χ2n) is 3.44. The molecule has 3 N–H and O–H groups in total. The summed E-state index contributed by atoms with van der Waals surface area (Å²) in [6.45, 7) is 0. The Bertz CT molecular complexity index is 729. The zero-order valence-corrected chi connectivity index (χ0v) is 8.66. The highest BCUT2D eigenvalue weighted by Gasteiger charge is 2.09. The summed E-state index contributed by atoms with van der Waals surface area (Å²) in [5.41, 5.74) is 5.98. The molecule has 0 aliphatic heterocycles. The number of fused-ring (bicyclic) bond motifs is 1. The van der Waals surface area contributed by atoms with Gasteiger partial charge in [0.15, 0.2) is 0 Å². The molecule has 0 spiro atoms. The molecule has 3 aromatic rings. The van der Waals surface area contributed by atoms with Gasteiger partial charge < -0.3 is 5.73 Å². The molecule has 0 radical (unpaired) electrons. The van der Waals surface area contributed by atoms with Crippen molar-refractivity contribution in [3.63, 3.8) is 0 Å². The van der Waals surface area contributed by atoms with Crippen molar-refractivity contribution in [2.45, 2.75) is 0 Å². The molecule has 0 saturated heterocycles. The molecule has 17 heavy (non-hydrogen) atoms. The van der Waals surface area contributed by atoms with E-state index in [9.17, 15) is 4.79 Å². The second-order valence-corrected chi connectivity index (χ2v) is 3.44. The van der Waals surface area contributed by atoms with Gasteiger partial charge in [-0.15, -0.1) is 5.10 Å². The highest BCUT2D eigenvalue weighted by Crippen LogP contribution is 2.12. The molecular formula is C10H8N6O. The first-order valence-corrected chi connectivity index (χ1v) is 4.91. The van der Waals surface area contributed by atoms with Crippen LogP contribution in [0.15, 0.2) is 35.3 Å². The molecule has 0 aromatic carbocycles. The van der Waals surface area contributed by atoms with Crippen molar-refractivity contribution in [2.75, 3.05) is 5.73 Å². The SMILES string of the molecule is Nc1cc(=O)[nH]c2nc(-c3ccccn3)nn12. The summed E-state index contributed by atoms with van der Waals surface area (Å²) in [5, 5.41) is 4.17. The van der Waals surface area contributed by atoms with Gasteiger partial charge in [0.2, 0.25) is 11.6 Å². The largest absolute Gasteiger partial charge is 0.383 e. The van der Waals surface area contributed by atoms with E-state index in [1.165, 1.54) is 10.6 Å². The van der Waals surface area contributed by atoms with Crippen LogP contribution in [0.25, 0.3) is 17.3 Å². The van der Waals surface area contributed by atoms with E-state index < -0.39 is 0 Å². The van der Waals surface area contributed by atoms with Gasteiger partial charge in [0, 0.05) is 12.3 Å². The summed E-state index contributed by atoms with van der Waals surface area (Å²) < 4.78 is 1.37. The number of nitrogens with two attached hydrogens (primary N) is 1. The van der Waals surface area contributed by atoms with Crippen LogP contribution in [-0.2, 0) is 0 Å². The van der Waals surface area contributed by atoms with Crippen LogP contribution in [0.2, 0.25) is 0 Å². The van der Waals surface area contributed by atoms with Gasteiger partial charge in [0.25, 0.3) is 5.56 Å². The average Bonchev–Trinajstić information content (AvgIpc) is 2.74. The molecular weight excluding hydrogens is 220 g/mol. The van der Waals surface area contributed by atoms with Crippen LogP contribution in [0.3, 0.4) is 0 Å². The maximum Gasteiger partial charge on any atom is 0.254 e. The topological polar surface area (TPSA) is 102 Å². The lowest BCUT2D eigenvalue weighted by atomic mass is 10.3. The third kappa shape index (κ3) is 1.53. The van der Waals surface area contributed by atoms with Crippen molar-refractivity contribution < 1.29 is 0 Å². The molecule has 0 fully saturated rings. The Kier molecular flexibility index (Phi) is 1.91. The fraction of sp³-hybridized carbons (Fsp3) is 0. The Morgan fingerprint density at radius 1 is 1.35 bits per heavy atom. The number of aromatic amines is 1. The van der Waals surface area contributed by atoms with Crippen molar-refractivity contribution in [1.29, 1.82) is 0 Å². The Morgan fingerprint density at radius 2 is 2.24 bits per heavy atom. The maximum absolute atomic E-state index is 11.2. The van der Waals surface area contributed by atoms with Gasteiger partial charge in [-0.25, -0.2) is 0 Å². The van der Waals surface area contributed by atoms with Crippen LogP contribution in [-0.4, -0.2) is 24.6 Å². The average molecular weight is 228 g/mol. The Morgan fingerprint density at radius 3 is 3.00 bits per heavy atom. The Labute approximate surface area is 95.0 Å².